The van der Waals surface area contributed by atoms with Crippen molar-refractivity contribution in [1.82, 2.24) is 0 Å². The van der Waals surface area contributed by atoms with Crippen LogP contribution in [0.1, 0.15) is 21.7 Å². The van der Waals surface area contributed by atoms with Crippen molar-refractivity contribution in [2.45, 2.75) is 11.8 Å². The molecular formula is C12H11BrO. The molecule has 0 N–H and O–H groups in total. The van der Waals surface area contributed by atoms with Gasteiger partial charge in [0.2, 0.25) is 0 Å². The van der Waals surface area contributed by atoms with E-state index < -0.39 is 0 Å². The zero-order chi connectivity index (χ0) is 9.97. The molecule has 1 unspecified atom stereocenters. The van der Waals surface area contributed by atoms with Crippen LogP contribution in [-0.4, -0.2) is 0 Å². The number of halogens is 1. The van der Waals surface area contributed by atoms with Gasteiger partial charge in [-0.15, -0.1) is 0 Å². The molecule has 1 aromatic carbocycles. The maximum Gasteiger partial charge on any atom is 0.121 e. The summed E-state index contributed by atoms with van der Waals surface area (Å²) in [6.07, 6.45) is 1.69. The highest BCUT2D eigenvalue weighted by Crippen LogP contribution is 2.30. The summed E-state index contributed by atoms with van der Waals surface area (Å²) in [6, 6.07) is 12.3. The minimum atomic E-state index is 0.151. The van der Waals surface area contributed by atoms with Gasteiger partial charge >= 0.3 is 0 Å². The van der Waals surface area contributed by atoms with Crippen LogP contribution in [0.25, 0.3) is 0 Å². The van der Waals surface area contributed by atoms with E-state index in [9.17, 15) is 0 Å². The van der Waals surface area contributed by atoms with Gasteiger partial charge in [0.05, 0.1) is 11.1 Å². The van der Waals surface area contributed by atoms with Gasteiger partial charge in [-0.2, -0.15) is 0 Å². The predicted molar refractivity (Wildman–Crippen MR) is 60.7 cm³/mol. The van der Waals surface area contributed by atoms with Crippen molar-refractivity contribution in [3.05, 3.63) is 59.5 Å². The smallest absolute Gasteiger partial charge is 0.121 e. The van der Waals surface area contributed by atoms with Crippen molar-refractivity contribution in [2.75, 3.05) is 0 Å². The SMILES string of the molecule is Cc1ccc(C(Br)c2ccco2)cc1. The standard InChI is InChI=1S/C12H11BrO/c1-9-4-6-10(7-5-9)12(13)11-3-2-8-14-11/h2-8,12H,1H3. The zero-order valence-corrected chi connectivity index (χ0v) is 9.49. The molecule has 2 rings (SSSR count). The fourth-order valence-electron chi connectivity index (χ4n) is 1.34. The largest absolute Gasteiger partial charge is 0.468 e. The average Bonchev–Trinajstić information content (AvgIpc) is 2.71. The Labute approximate surface area is 91.9 Å². The molecule has 14 heavy (non-hydrogen) atoms. The van der Waals surface area contributed by atoms with Crippen LogP contribution in [0.3, 0.4) is 0 Å². The van der Waals surface area contributed by atoms with Crippen molar-refractivity contribution < 1.29 is 4.42 Å². The third kappa shape index (κ3) is 1.90. The number of furan rings is 1. The van der Waals surface area contributed by atoms with Crippen LogP contribution in [0.5, 0.6) is 0 Å². The molecule has 1 heterocycles. The molecule has 0 bridgehead atoms. The van der Waals surface area contributed by atoms with E-state index in [1.54, 1.807) is 6.26 Å². The lowest BCUT2D eigenvalue weighted by Crippen LogP contribution is -1.89. The first-order chi connectivity index (χ1) is 6.77. The zero-order valence-electron chi connectivity index (χ0n) is 7.91. The van der Waals surface area contributed by atoms with Gasteiger partial charge in [0, 0.05) is 0 Å². The molecule has 0 radical (unpaired) electrons. The molecule has 0 saturated carbocycles. The summed E-state index contributed by atoms with van der Waals surface area (Å²) in [5.41, 5.74) is 2.48. The van der Waals surface area contributed by atoms with Gasteiger partial charge in [0.25, 0.3) is 0 Å². The van der Waals surface area contributed by atoms with Crippen molar-refractivity contribution in [3.63, 3.8) is 0 Å². The fraction of sp³-hybridized carbons (Fsp3) is 0.167. The Hall–Kier alpha value is -1.02. The van der Waals surface area contributed by atoms with E-state index in [1.807, 2.05) is 12.1 Å². The van der Waals surface area contributed by atoms with Gasteiger partial charge < -0.3 is 4.42 Å². The van der Waals surface area contributed by atoms with Crippen LogP contribution in [0.15, 0.2) is 47.1 Å². The predicted octanol–water partition coefficient (Wildman–Crippen LogP) is 4.07. The van der Waals surface area contributed by atoms with Gasteiger partial charge in [-0.1, -0.05) is 45.8 Å². The molecule has 0 amide bonds. The minimum absolute atomic E-state index is 0.151. The van der Waals surface area contributed by atoms with Crippen molar-refractivity contribution in [1.29, 1.82) is 0 Å². The van der Waals surface area contributed by atoms with E-state index in [0.717, 1.165) is 5.76 Å². The van der Waals surface area contributed by atoms with E-state index in [4.69, 9.17) is 4.42 Å². The molecule has 0 fully saturated rings. The third-order valence-corrected chi connectivity index (χ3v) is 3.14. The molecule has 1 atom stereocenters. The maximum atomic E-state index is 5.33. The number of hydrogen-bond donors (Lipinski definition) is 0. The van der Waals surface area contributed by atoms with Crippen molar-refractivity contribution in [2.24, 2.45) is 0 Å². The number of hydrogen-bond acceptors (Lipinski definition) is 1. The number of rotatable bonds is 2. The lowest BCUT2D eigenvalue weighted by atomic mass is 10.1. The molecule has 0 spiro atoms. The summed E-state index contributed by atoms with van der Waals surface area (Å²) in [5.74, 6) is 0.939. The summed E-state index contributed by atoms with van der Waals surface area (Å²) in [4.78, 5) is 0.151. The second kappa shape index (κ2) is 4.01. The van der Waals surface area contributed by atoms with Crippen molar-refractivity contribution in [3.8, 4) is 0 Å². The van der Waals surface area contributed by atoms with Crippen LogP contribution < -0.4 is 0 Å². The Morgan fingerprint density at radius 2 is 1.86 bits per heavy atom. The summed E-state index contributed by atoms with van der Waals surface area (Å²) in [7, 11) is 0. The summed E-state index contributed by atoms with van der Waals surface area (Å²) < 4.78 is 5.33. The molecular weight excluding hydrogens is 240 g/mol. The normalized spacial score (nSPS) is 12.7. The molecule has 2 aromatic rings. The van der Waals surface area contributed by atoms with E-state index in [-0.39, 0.29) is 4.83 Å². The lowest BCUT2D eigenvalue weighted by molar-refractivity contribution is 0.519. The molecule has 0 aliphatic rings. The Bertz CT molecular complexity index is 389. The molecule has 0 aliphatic carbocycles. The topological polar surface area (TPSA) is 13.1 Å². The second-order valence-electron chi connectivity index (χ2n) is 3.29. The fourth-order valence-corrected chi connectivity index (χ4v) is 1.90. The van der Waals surface area contributed by atoms with Crippen LogP contribution in [-0.2, 0) is 0 Å². The highest BCUT2D eigenvalue weighted by Gasteiger charge is 2.11. The number of benzene rings is 1. The molecule has 2 heteroatoms. The highest BCUT2D eigenvalue weighted by molar-refractivity contribution is 9.09. The minimum Gasteiger partial charge on any atom is -0.468 e. The van der Waals surface area contributed by atoms with Crippen LogP contribution in [0.2, 0.25) is 0 Å². The number of alkyl halides is 1. The van der Waals surface area contributed by atoms with Crippen LogP contribution >= 0.6 is 15.9 Å². The quantitative estimate of drug-likeness (QED) is 0.733. The van der Waals surface area contributed by atoms with Gasteiger partial charge in [-0.3, -0.25) is 0 Å². The Balaban J connectivity index is 2.28. The lowest BCUT2D eigenvalue weighted by Gasteiger charge is -2.06. The van der Waals surface area contributed by atoms with Gasteiger partial charge in [0.1, 0.15) is 5.76 Å². The van der Waals surface area contributed by atoms with Gasteiger partial charge in [-0.25, -0.2) is 0 Å². The number of aryl methyl sites for hydroxylation is 1. The van der Waals surface area contributed by atoms with E-state index >= 15 is 0 Å². The summed E-state index contributed by atoms with van der Waals surface area (Å²) in [6.45, 7) is 2.08. The second-order valence-corrected chi connectivity index (χ2v) is 4.20. The highest BCUT2D eigenvalue weighted by atomic mass is 79.9. The Morgan fingerprint density at radius 3 is 2.43 bits per heavy atom. The Morgan fingerprint density at radius 1 is 1.14 bits per heavy atom. The molecule has 1 nitrogen and oxygen atoms in total. The van der Waals surface area contributed by atoms with Gasteiger partial charge in [-0.05, 0) is 24.6 Å². The van der Waals surface area contributed by atoms with E-state index in [0.29, 0.717) is 0 Å². The summed E-state index contributed by atoms with van der Waals surface area (Å²) in [5, 5.41) is 0. The van der Waals surface area contributed by atoms with E-state index in [1.165, 1.54) is 11.1 Å². The first kappa shape index (κ1) is 9.53. The molecule has 1 aromatic heterocycles. The first-order valence-electron chi connectivity index (χ1n) is 4.51. The van der Waals surface area contributed by atoms with Crippen molar-refractivity contribution >= 4 is 15.9 Å². The van der Waals surface area contributed by atoms with Crippen LogP contribution in [0.4, 0.5) is 0 Å². The third-order valence-electron chi connectivity index (χ3n) is 2.16. The average molecular weight is 251 g/mol. The monoisotopic (exact) mass is 250 g/mol. The van der Waals surface area contributed by atoms with E-state index in [2.05, 4.69) is 47.1 Å². The molecule has 0 aliphatic heterocycles. The van der Waals surface area contributed by atoms with Crippen LogP contribution in [0, 0.1) is 6.92 Å². The molecule has 0 saturated heterocycles. The maximum absolute atomic E-state index is 5.33. The molecule has 72 valence electrons. The summed E-state index contributed by atoms with van der Waals surface area (Å²) >= 11 is 3.60. The first-order valence-corrected chi connectivity index (χ1v) is 5.43. The Kier molecular flexibility index (Phi) is 2.73. The van der Waals surface area contributed by atoms with Gasteiger partial charge in [0.15, 0.2) is 0 Å².